The maximum absolute atomic E-state index is 12.8. The fourth-order valence-electron chi connectivity index (χ4n) is 3.57. The third-order valence-electron chi connectivity index (χ3n) is 4.85. The lowest BCUT2D eigenvalue weighted by atomic mass is 9.84. The van der Waals surface area contributed by atoms with Gasteiger partial charge < -0.3 is 9.64 Å². The molecule has 2 aliphatic rings. The Morgan fingerprint density at radius 2 is 1.83 bits per heavy atom. The molecule has 0 spiro atoms. The topological polar surface area (TPSA) is 29.5 Å². The third-order valence-corrected chi connectivity index (χ3v) is 6.47. The van der Waals surface area contributed by atoms with Crippen LogP contribution in [0.2, 0.25) is 0 Å². The number of Topliss-reactive ketones (excluding diaryl/α,β-unsaturated/α-hetero) is 1. The Bertz CT molecular complexity index is 517. The number of nitrogens with zero attached hydrogens (tertiary/aromatic N) is 1. The van der Waals surface area contributed by atoms with Gasteiger partial charge in [-0.2, -0.15) is 11.8 Å². The number of likely N-dealkylation sites (N-methyl/N-ethyl adjacent to an activating group) is 1. The summed E-state index contributed by atoms with van der Waals surface area (Å²) in [6.07, 6.45) is 6.08. The number of fused-ring (bicyclic) bond motifs is 2. The quantitative estimate of drug-likeness (QED) is 0.739. The van der Waals surface area contributed by atoms with E-state index in [0.717, 1.165) is 30.7 Å². The summed E-state index contributed by atoms with van der Waals surface area (Å²) < 4.78 is 5.70. The van der Waals surface area contributed by atoms with E-state index in [4.69, 9.17) is 4.74 Å². The van der Waals surface area contributed by atoms with Crippen LogP contribution in [-0.4, -0.2) is 48.4 Å². The highest BCUT2D eigenvalue weighted by Crippen LogP contribution is 2.44. The van der Waals surface area contributed by atoms with Gasteiger partial charge in [0.1, 0.15) is 12.4 Å². The van der Waals surface area contributed by atoms with E-state index in [1.165, 1.54) is 19.3 Å². The number of benzene rings is 1. The molecule has 1 aromatic rings. The molecule has 0 aromatic heterocycles. The largest absolute Gasteiger partial charge is 0.492 e. The van der Waals surface area contributed by atoms with Crippen molar-refractivity contribution in [2.45, 2.75) is 42.6 Å². The molecule has 0 saturated carbocycles. The summed E-state index contributed by atoms with van der Waals surface area (Å²) in [6.45, 7) is 1.56. The average Bonchev–Trinajstić information content (AvgIpc) is 2.54. The number of carbonyl (C=O) groups is 1. The molecular formula is C19H27NO2S. The Labute approximate surface area is 143 Å². The van der Waals surface area contributed by atoms with E-state index in [1.807, 2.05) is 38.4 Å². The van der Waals surface area contributed by atoms with Crippen molar-refractivity contribution in [2.24, 2.45) is 5.92 Å². The first-order valence-electron chi connectivity index (χ1n) is 8.69. The molecule has 2 saturated heterocycles. The van der Waals surface area contributed by atoms with Gasteiger partial charge in [0.2, 0.25) is 0 Å². The molecule has 0 aliphatic carbocycles. The maximum atomic E-state index is 12.8. The van der Waals surface area contributed by atoms with Gasteiger partial charge in [-0.05, 0) is 64.0 Å². The summed E-state index contributed by atoms with van der Waals surface area (Å²) in [7, 11) is 4.06. The first kappa shape index (κ1) is 16.8. The fraction of sp³-hybridized carbons (Fsp3) is 0.632. The highest BCUT2D eigenvalue weighted by Gasteiger charge is 2.35. The smallest absolute Gasteiger partial charge is 0.166 e. The SMILES string of the molecule is CN(C)CCOc1ccc(C(=O)C2CC3CCCC(C2)S3)cc1. The number of carbonyl (C=O) groups excluding carboxylic acids is 1. The zero-order valence-corrected chi connectivity index (χ0v) is 15.0. The van der Waals surface area contributed by atoms with E-state index in [1.54, 1.807) is 0 Å². The summed E-state index contributed by atoms with van der Waals surface area (Å²) in [5.74, 6) is 1.41. The predicted molar refractivity (Wildman–Crippen MR) is 96.6 cm³/mol. The van der Waals surface area contributed by atoms with Crippen molar-refractivity contribution in [2.75, 3.05) is 27.2 Å². The summed E-state index contributed by atoms with van der Waals surface area (Å²) in [5.41, 5.74) is 0.847. The molecule has 1 aromatic carbocycles. The fourth-order valence-corrected chi connectivity index (χ4v) is 5.41. The second kappa shape index (κ2) is 7.71. The van der Waals surface area contributed by atoms with Gasteiger partial charge in [0, 0.05) is 28.5 Å². The molecule has 0 amide bonds. The number of ketones is 1. The van der Waals surface area contributed by atoms with E-state index < -0.39 is 0 Å². The molecule has 2 aliphatic heterocycles. The molecule has 2 bridgehead atoms. The zero-order valence-electron chi connectivity index (χ0n) is 14.2. The van der Waals surface area contributed by atoms with Crippen LogP contribution < -0.4 is 4.74 Å². The van der Waals surface area contributed by atoms with E-state index in [9.17, 15) is 4.79 Å². The van der Waals surface area contributed by atoms with Crippen LogP contribution in [0.1, 0.15) is 42.5 Å². The minimum atomic E-state index is 0.229. The lowest BCUT2D eigenvalue weighted by Crippen LogP contribution is -2.32. The molecule has 2 atom stereocenters. The number of hydrogen-bond acceptors (Lipinski definition) is 4. The number of thioether (sulfide) groups is 1. The van der Waals surface area contributed by atoms with Crippen LogP contribution in [0.3, 0.4) is 0 Å². The Morgan fingerprint density at radius 1 is 1.17 bits per heavy atom. The highest BCUT2D eigenvalue weighted by atomic mass is 32.2. The third kappa shape index (κ3) is 4.51. The molecule has 3 rings (SSSR count). The van der Waals surface area contributed by atoms with Crippen molar-refractivity contribution in [3.63, 3.8) is 0 Å². The first-order valence-corrected chi connectivity index (χ1v) is 9.63. The van der Waals surface area contributed by atoms with E-state index in [2.05, 4.69) is 16.7 Å². The normalized spacial score (nSPS) is 27.0. The van der Waals surface area contributed by atoms with Crippen molar-refractivity contribution in [1.82, 2.24) is 4.90 Å². The summed E-state index contributed by atoms with van der Waals surface area (Å²) in [5, 5.41) is 1.43. The molecule has 23 heavy (non-hydrogen) atoms. The van der Waals surface area contributed by atoms with Gasteiger partial charge in [0.05, 0.1) is 0 Å². The second-order valence-electron chi connectivity index (χ2n) is 7.02. The summed E-state index contributed by atoms with van der Waals surface area (Å²) in [4.78, 5) is 14.9. The van der Waals surface area contributed by atoms with Crippen LogP contribution in [0.15, 0.2) is 24.3 Å². The molecule has 4 heteroatoms. The van der Waals surface area contributed by atoms with E-state index in [0.29, 0.717) is 22.9 Å². The summed E-state index contributed by atoms with van der Waals surface area (Å²) >= 11 is 2.13. The van der Waals surface area contributed by atoms with Crippen LogP contribution in [0.25, 0.3) is 0 Å². The Morgan fingerprint density at radius 3 is 2.43 bits per heavy atom. The van der Waals surface area contributed by atoms with Crippen molar-refractivity contribution < 1.29 is 9.53 Å². The van der Waals surface area contributed by atoms with Gasteiger partial charge >= 0.3 is 0 Å². The standard InChI is InChI=1S/C19H27NO2S/c1-20(2)10-11-22-16-8-6-14(7-9-16)19(21)15-12-17-4-3-5-18(13-15)23-17/h6-9,15,17-18H,3-5,10-13H2,1-2H3. The molecule has 2 heterocycles. The van der Waals surface area contributed by atoms with Gasteiger partial charge in [-0.3, -0.25) is 4.79 Å². The number of ether oxygens (including phenoxy) is 1. The van der Waals surface area contributed by atoms with Crippen LogP contribution in [-0.2, 0) is 0 Å². The molecule has 3 nitrogen and oxygen atoms in total. The molecule has 0 radical (unpaired) electrons. The van der Waals surface area contributed by atoms with Crippen molar-refractivity contribution in [3.05, 3.63) is 29.8 Å². The number of rotatable bonds is 6. The van der Waals surface area contributed by atoms with Gasteiger partial charge in [0.15, 0.2) is 5.78 Å². The van der Waals surface area contributed by atoms with Gasteiger partial charge in [-0.15, -0.1) is 0 Å². The van der Waals surface area contributed by atoms with Crippen molar-refractivity contribution in [1.29, 1.82) is 0 Å². The summed E-state index contributed by atoms with van der Waals surface area (Å²) in [6, 6.07) is 7.73. The molecule has 2 fully saturated rings. The van der Waals surface area contributed by atoms with E-state index in [-0.39, 0.29) is 5.92 Å². The average molecular weight is 333 g/mol. The van der Waals surface area contributed by atoms with Gasteiger partial charge in [0.25, 0.3) is 0 Å². The van der Waals surface area contributed by atoms with Crippen LogP contribution in [0.4, 0.5) is 0 Å². The Hall–Kier alpha value is -1.00. The second-order valence-corrected chi connectivity index (χ2v) is 8.63. The minimum absolute atomic E-state index is 0.229. The predicted octanol–water partition coefficient (Wildman–Crippen LogP) is 3.87. The van der Waals surface area contributed by atoms with E-state index >= 15 is 0 Å². The molecule has 2 unspecified atom stereocenters. The lowest BCUT2D eigenvalue weighted by Gasteiger charge is -2.37. The molecular weight excluding hydrogens is 306 g/mol. The minimum Gasteiger partial charge on any atom is -0.492 e. The van der Waals surface area contributed by atoms with Crippen LogP contribution in [0, 0.1) is 5.92 Å². The highest BCUT2D eigenvalue weighted by molar-refractivity contribution is 8.00. The van der Waals surface area contributed by atoms with Gasteiger partial charge in [-0.25, -0.2) is 0 Å². The van der Waals surface area contributed by atoms with Gasteiger partial charge in [-0.1, -0.05) is 6.42 Å². The first-order chi connectivity index (χ1) is 11.1. The maximum Gasteiger partial charge on any atom is 0.166 e. The van der Waals surface area contributed by atoms with Crippen LogP contribution in [0.5, 0.6) is 5.75 Å². The zero-order chi connectivity index (χ0) is 16.2. The Kier molecular flexibility index (Phi) is 5.65. The monoisotopic (exact) mass is 333 g/mol. The molecule has 126 valence electrons. The Balaban J connectivity index is 1.57. The lowest BCUT2D eigenvalue weighted by molar-refractivity contribution is 0.0896. The van der Waals surface area contributed by atoms with Crippen molar-refractivity contribution >= 4 is 17.5 Å². The van der Waals surface area contributed by atoms with Crippen LogP contribution >= 0.6 is 11.8 Å². The number of hydrogen-bond donors (Lipinski definition) is 0. The van der Waals surface area contributed by atoms with Crippen molar-refractivity contribution in [3.8, 4) is 5.75 Å². The molecule has 0 N–H and O–H groups in total.